The summed E-state index contributed by atoms with van der Waals surface area (Å²) < 4.78 is 11.0. The number of rotatable bonds is 8. The van der Waals surface area contributed by atoms with Crippen LogP contribution in [0.2, 0.25) is 0 Å². The highest BCUT2D eigenvalue weighted by molar-refractivity contribution is 5.42. The Bertz CT molecular complexity index is 601. The average Bonchev–Trinajstić information content (AvgIpc) is 2.54. The van der Waals surface area contributed by atoms with Gasteiger partial charge in [0.05, 0.1) is 7.11 Å². The van der Waals surface area contributed by atoms with Gasteiger partial charge >= 0.3 is 0 Å². The van der Waals surface area contributed by atoms with Gasteiger partial charge in [0.15, 0.2) is 11.5 Å². The highest BCUT2D eigenvalue weighted by Crippen LogP contribution is 2.27. The van der Waals surface area contributed by atoms with Crippen molar-refractivity contribution in [2.75, 3.05) is 27.3 Å². The van der Waals surface area contributed by atoms with Crippen molar-refractivity contribution < 1.29 is 14.6 Å². The second-order valence-corrected chi connectivity index (χ2v) is 5.80. The Morgan fingerprint density at radius 1 is 1.09 bits per heavy atom. The average molecular weight is 315 g/mol. The Kier molecular flexibility index (Phi) is 6.44. The fraction of sp³-hybridized carbons (Fsp3) is 0.368. The molecule has 2 aromatic carbocycles. The fourth-order valence-electron chi connectivity index (χ4n) is 2.45. The number of aliphatic hydroxyl groups excluding tert-OH is 1. The summed E-state index contributed by atoms with van der Waals surface area (Å²) in [6.45, 7) is 3.58. The number of ether oxygens (including phenoxy) is 2. The lowest BCUT2D eigenvalue weighted by Crippen LogP contribution is -2.32. The van der Waals surface area contributed by atoms with Gasteiger partial charge in [-0.25, -0.2) is 0 Å². The zero-order valence-electron chi connectivity index (χ0n) is 14.0. The highest BCUT2D eigenvalue weighted by Gasteiger charge is 2.11. The minimum absolute atomic E-state index is 0.235. The Morgan fingerprint density at radius 3 is 2.52 bits per heavy atom. The molecule has 23 heavy (non-hydrogen) atoms. The second-order valence-electron chi connectivity index (χ2n) is 5.80. The monoisotopic (exact) mass is 315 g/mol. The molecule has 2 aromatic rings. The quantitative estimate of drug-likeness (QED) is 0.813. The van der Waals surface area contributed by atoms with E-state index in [1.54, 1.807) is 7.11 Å². The standard InChI is InChI=1S/C19H25NO3/c1-15-9-10-18(19(11-15)22-3)23-14-17(21)13-20(2)12-16-7-5-4-6-8-16/h4-11,17,21H,12-14H2,1-3H3. The Balaban J connectivity index is 1.82. The number of hydrogen-bond donors (Lipinski definition) is 1. The van der Waals surface area contributed by atoms with Gasteiger partial charge in [0.25, 0.3) is 0 Å². The molecule has 0 heterocycles. The van der Waals surface area contributed by atoms with E-state index >= 15 is 0 Å². The van der Waals surface area contributed by atoms with Crippen molar-refractivity contribution in [3.63, 3.8) is 0 Å². The summed E-state index contributed by atoms with van der Waals surface area (Å²) in [4.78, 5) is 2.08. The van der Waals surface area contributed by atoms with Gasteiger partial charge in [-0.15, -0.1) is 0 Å². The van der Waals surface area contributed by atoms with Crippen LogP contribution in [-0.2, 0) is 6.54 Å². The summed E-state index contributed by atoms with van der Waals surface area (Å²) in [5, 5.41) is 10.2. The van der Waals surface area contributed by atoms with Gasteiger partial charge in [-0.1, -0.05) is 36.4 Å². The van der Waals surface area contributed by atoms with Crippen LogP contribution in [0.1, 0.15) is 11.1 Å². The normalized spacial score (nSPS) is 12.2. The number of methoxy groups -OCH3 is 1. The molecular weight excluding hydrogens is 290 g/mol. The third-order valence-corrected chi connectivity index (χ3v) is 3.57. The molecular formula is C19H25NO3. The minimum atomic E-state index is -0.560. The molecule has 0 radical (unpaired) electrons. The summed E-state index contributed by atoms with van der Waals surface area (Å²) in [6.07, 6.45) is -0.560. The van der Waals surface area contributed by atoms with Gasteiger partial charge in [-0.3, -0.25) is 4.90 Å². The first-order valence-electron chi connectivity index (χ1n) is 7.76. The van der Waals surface area contributed by atoms with Crippen LogP contribution < -0.4 is 9.47 Å². The zero-order valence-corrected chi connectivity index (χ0v) is 14.0. The third-order valence-electron chi connectivity index (χ3n) is 3.57. The Labute approximate surface area is 138 Å². The predicted molar refractivity (Wildman–Crippen MR) is 92.0 cm³/mol. The zero-order chi connectivity index (χ0) is 16.7. The lowest BCUT2D eigenvalue weighted by Gasteiger charge is -2.21. The molecule has 0 saturated heterocycles. The largest absolute Gasteiger partial charge is 0.493 e. The van der Waals surface area contributed by atoms with E-state index in [9.17, 15) is 5.11 Å². The van der Waals surface area contributed by atoms with Gasteiger partial charge in [0.2, 0.25) is 0 Å². The van der Waals surface area contributed by atoms with E-state index in [4.69, 9.17) is 9.47 Å². The molecule has 0 bridgehead atoms. The van der Waals surface area contributed by atoms with Crippen LogP contribution in [0.15, 0.2) is 48.5 Å². The smallest absolute Gasteiger partial charge is 0.161 e. The van der Waals surface area contributed by atoms with E-state index < -0.39 is 6.10 Å². The Hall–Kier alpha value is -2.04. The first-order valence-corrected chi connectivity index (χ1v) is 7.76. The lowest BCUT2D eigenvalue weighted by atomic mass is 10.2. The maximum absolute atomic E-state index is 10.2. The molecule has 1 atom stereocenters. The van der Waals surface area contributed by atoms with Crippen molar-refractivity contribution in [3.05, 3.63) is 59.7 Å². The van der Waals surface area contributed by atoms with Crippen molar-refractivity contribution in [3.8, 4) is 11.5 Å². The van der Waals surface area contributed by atoms with Crippen LogP contribution in [0.25, 0.3) is 0 Å². The van der Waals surface area contributed by atoms with E-state index in [0.717, 1.165) is 12.1 Å². The van der Waals surface area contributed by atoms with Crippen LogP contribution >= 0.6 is 0 Å². The summed E-state index contributed by atoms with van der Waals surface area (Å²) in [5.74, 6) is 1.35. The van der Waals surface area contributed by atoms with E-state index in [-0.39, 0.29) is 6.61 Å². The topological polar surface area (TPSA) is 41.9 Å². The molecule has 0 saturated carbocycles. The molecule has 1 N–H and O–H groups in total. The van der Waals surface area contributed by atoms with Gasteiger partial charge < -0.3 is 14.6 Å². The van der Waals surface area contributed by atoms with Crippen molar-refractivity contribution in [2.24, 2.45) is 0 Å². The van der Waals surface area contributed by atoms with Gasteiger partial charge in [0.1, 0.15) is 12.7 Å². The van der Waals surface area contributed by atoms with Crippen molar-refractivity contribution >= 4 is 0 Å². The highest BCUT2D eigenvalue weighted by atomic mass is 16.5. The first-order chi connectivity index (χ1) is 11.1. The molecule has 1 unspecified atom stereocenters. The van der Waals surface area contributed by atoms with Crippen LogP contribution in [0.3, 0.4) is 0 Å². The number of benzene rings is 2. The number of nitrogens with zero attached hydrogens (tertiary/aromatic N) is 1. The minimum Gasteiger partial charge on any atom is -0.493 e. The number of likely N-dealkylation sites (N-methyl/N-ethyl adjacent to an activating group) is 1. The molecule has 0 fully saturated rings. The number of aliphatic hydroxyl groups is 1. The van der Waals surface area contributed by atoms with Crippen LogP contribution in [0.5, 0.6) is 11.5 Å². The van der Waals surface area contributed by atoms with Crippen molar-refractivity contribution in [1.29, 1.82) is 0 Å². The molecule has 4 heteroatoms. The Morgan fingerprint density at radius 2 is 1.83 bits per heavy atom. The summed E-state index contributed by atoms with van der Waals surface area (Å²) in [7, 11) is 3.61. The lowest BCUT2D eigenvalue weighted by molar-refractivity contribution is 0.0733. The van der Waals surface area contributed by atoms with Gasteiger partial charge in [-0.05, 0) is 37.2 Å². The first kappa shape index (κ1) is 17.3. The molecule has 0 aliphatic heterocycles. The van der Waals surface area contributed by atoms with E-state index in [2.05, 4.69) is 17.0 Å². The van der Waals surface area contributed by atoms with Crippen molar-refractivity contribution in [1.82, 2.24) is 4.90 Å². The van der Waals surface area contributed by atoms with E-state index in [1.807, 2.05) is 50.4 Å². The third kappa shape index (κ3) is 5.58. The predicted octanol–water partition coefficient (Wildman–Crippen LogP) is 2.88. The fourth-order valence-corrected chi connectivity index (χ4v) is 2.45. The molecule has 0 amide bonds. The van der Waals surface area contributed by atoms with E-state index in [1.165, 1.54) is 5.56 Å². The number of aryl methyl sites for hydroxylation is 1. The van der Waals surface area contributed by atoms with Crippen LogP contribution in [0.4, 0.5) is 0 Å². The summed E-state index contributed by atoms with van der Waals surface area (Å²) in [5.41, 5.74) is 2.33. The number of hydrogen-bond acceptors (Lipinski definition) is 4. The van der Waals surface area contributed by atoms with Gasteiger partial charge in [-0.2, -0.15) is 0 Å². The second kappa shape index (κ2) is 8.56. The molecule has 124 valence electrons. The maximum atomic E-state index is 10.2. The van der Waals surface area contributed by atoms with Gasteiger partial charge in [0, 0.05) is 13.1 Å². The molecule has 2 rings (SSSR count). The van der Waals surface area contributed by atoms with E-state index in [0.29, 0.717) is 18.0 Å². The maximum Gasteiger partial charge on any atom is 0.161 e. The molecule has 0 aromatic heterocycles. The molecule has 4 nitrogen and oxygen atoms in total. The SMILES string of the molecule is COc1cc(C)ccc1OCC(O)CN(C)Cc1ccccc1. The molecule has 0 spiro atoms. The van der Waals surface area contributed by atoms with Crippen molar-refractivity contribution in [2.45, 2.75) is 19.6 Å². The van der Waals surface area contributed by atoms with Crippen LogP contribution in [0, 0.1) is 6.92 Å². The van der Waals surface area contributed by atoms with Crippen LogP contribution in [-0.4, -0.2) is 43.4 Å². The summed E-state index contributed by atoms with van der Waals surface area (Å²) >= 11 is 0. The molecule has 0 aliphatic carbocycles. The molecule has 0 aliphatic rings. The summed E-state index contributed by atoms with van der Waals surface area (Å²) in [6, 6.07) is 16.0.